The molecule has 1 amide bonds. The van der Waals surface area contributed by atoms with E-state index in [1.54, 1.807) is 0 Å². The molecule has 0 radical (unpaired) electrons. The van der Waals surface area contributed by atoms with Crippen molar-refractivity contribution in [2.24, 2.45) is 11.8 Å². The Hall–Kier alpha value is -0.240. The second-order valence-electron chi connectivity index (χ2n) is 6.31. The molecule has 0 saturated heterocycles. The Morgan fingerprint density at radius 3 is 2.37 bits per heavy atom. The van der Waals surface area contributed by atoms with E-state index in [2.05, 4.69) is 11.8 Å². The van der Waals surface area contributed by atoms with Crippen molar-refractivity contribution in [3.05, 3.63) is 0 Å². The van der Waals surface area contributed by atoms with E-state index < -0.39 is 0 Å². The molecule has 2 saturated carbocycles. The number of carbonyl (C=O) groups is 1. The SMILES string of the molecule is CCCCC1CCC(C(=O)N(CCCl)C2CC2)CC1. The molecule has 0 N–H and O–H groups in total. The number of alkyl halides is 1. The van der Waals surface area contributed by atoms with E-state index in [0.717, 1.165) is 25.3 Å². The summed E-state index contributed by atoms with van der Waals surface area (Å²) in [7, 11) is 0. The molecule has 0 atom stereocenters. The topological polar surface area (TPSA) is 20.3 Å². The third-order valence-electron chi connectivity index (χ3n) is 4.76. The van der Waals surface area contributed by atoms with Crippen molar-refractivity contribution >= 4 is 17.5 Å². The van der Waals surface area contributed by atoms with Crippen LogP contribution >= 0.6 is 11.6 Å². The summed E-state index contributed by atoms with van der Waals surface area (Å²) in [5.41, 5.74) is 0. The third-order valence-corrected chi connectivity index (χ3v) is 4.93. The van der Waals surface area contributed by atoms with Crippen LogP contribution in [0.25, 0.3) is 0 Å². The van der Waals surface area contributed by atoms with E-state index in [1.807, 2.05) is 0 Å². The minimum atomic E-state index is 0.293. The van der Waals surface area contributed by atoms with Crippen LogP contribution in [-0.2, 0) is 4.79 Å². The monoisotopic (exact) mass is 285 g/mol. The van der Waals surface area contributed by atoms with Crippen LogP contribution in [0.3, 0.4) is 0 Å². The van der Waals surface area contributed by atoms with Crippen molar-refractivity contribution in [1.29, 1.82) is 0 Å². The van der Waals surface area contributed by atoms with Crippen LogP contribution in [0.4, 0.5) is 0 Å². The first-order valence-electron chi connectivity index (χ1n) is 8.12. The van der Waals surface area contributed by atoms with Crippen molar-refractivity contribution in [3.8, 4) is 0 Å². The number of halogens is 1. The first-order chi connectivity index (χ1) is 9.26. The molecular formula is C16H28ClNO. The van der Waals surface area contributed by atoms with Crippen molar-refractivity contribution in [1.82, 2.24) is 4.90 Å². The van der Waals surface area contributed by atoms with E-state index in [9.17, 15) is 4.79 Å². The highest BCUT2D eigenvalue weighted by Crippen LogP contribution is 2.35. The molecule has 0 heterocycles. The molecule has 0 aromatic heterocycles. The van der Waals surface area contributed by atoms with Crippen LogP contribution in [0.5, 0.6) is 0 Å². The molecule has 19 heavy (non-hydrogen) atoms. The normalized spacial score (nSPS) is 27.3. The van der Waals surface area contributed by atoms with Crippen molar-refractivity contribution in [3.63, 3.8) is 0 Å². The third kappa shape index (κ3) is 4.37. The van der Waals surface area contributed by atoms with Gasteiger partial charge in [0.05, 0.1) is 0 Å². The summed E-state index contributed by atoms with van der Waals surface area (Å²) in [5, 5.41) is 0. The fourth-order valence-corrected chi connectivity index (χ4v) is 3.56. The lowest BCUT2D eigenvalue weighted by Crippen LogP contribution is -2.40. The molecule has 0 bridgehead atoms. The van der Waals surface area contributed by atoms with Gasteiger partial charge in [-0.05, 0) is 44.4 Å². The highest BCUT2D eigenvalue weighted by Gasteiger charge is 2.36. The Labute approximate surface area is 122 Å². The van der Waals surface area contributed by atoms with Crippen LogP contribution in [0, 0.1) is 11.8 Å². The Bertz CT molecular complexity index is 282. The molecule has 0 aliphatic heterocycles. The molecular weight excluding hydrogens is 258 g/mol. The molecule has 2 fully saturated rings. The number of unbranched alkanes of at least 4 members (excludes halogenated alkanes) is 1. The molecule has 2 rings (SSSR count). The summed E-state index contributed by atoms with van der Waals surface area (Å²) >= 11 is 5.84. The van der Waals surface area contributed by atoms with Gasteiger partial charge >= 0.3 is 0 Å². The fourth-order valence-electron chi connectivity index (χ4n) is 3.38. The number of nitrogens with zero attached hydrogens (tertiary/aromatic N) is 1. The first kappa shape index (κ1) is 15.2. The summed E-state index contributed by atoms with van der Waals surface area (Å²) < 4.78 is 0. The molecule has 2 nitrogen and oxygen atoms in total. The lowest BCUT2D eigenvalue weighted by molar-refractivity contribution is -0.137. The van der Waals surface area contributed by atoms with Crippen LogP contribution in [0.15, 0.2) is 0 Å². The van der Waals surface area contributed by atoms with Gasteiger partial charge in [-0.3, -0.25) is 4.79 Å². The number of rotatable bonds is 7. The lowest BCUT2D eigenvalue weighted by atomic mass is 9.79. The van der Waals surface area contributed by atoms with Crippen LogP contribution in [0.1, 0.15) is 64.7 Å². The van der Waals surface area contributed by atoms with E-state index in [4.69, 9.17) is 11.6 Å². The van der Waals surface area contributed by atoms with Crippen LogP contribution in [-0.4, -0.2) is 29.3 Å². The molecule has 0 aromatic carbocycles. The number of carbonyl (C=O) groups excluding carboxylic acids is 1. The minimum Gasteiger partial charge on any atom is -0.338 e. The first-order valence-corrected chi connectivity index (χ1v) is 8.66. The zero-order valence-corrected chi connectivity index (χ0v) is 13.0. The highest BCUT2D eigenvalue weighted by atomic mass is 35.5. The lowest BCUT2D eigenvalue weighted by Gasteiger charge is -2.32. The van der Waals surface area contributed by atoms with Gasteiger partial charge in [-0.25, -0.2) is 0 Å². The van der Waals surface area contributed by atoms with E-state index in [-0.39, 0.29) is 0 Å². The molecule has 0 aromatic rings. The molecule has 110 valence electrons. The maximum absolute atomic E-state index is 12.6. The average Bonchev–Trinajstić information content (AvgIpc) is 3.27. The standard InChI is InChI=1S/C16H28ClNO/c1-2-3-4-13-5-7-14(8-6-13)16(19)18(12-11-17)15-9-10-15/h13-15H,2-12H2,1H3. The molecule has 0 unspecified atom stereocenters. The predicted molar refractivity (Wildman–Crippen MR) is 80.4 cm³/mol. The highest BCUT2D eigenvalue weighted by molar-refractivity contribution is 6.18. The zero-order chi connectivity index (χ0) is 13.7. The largest absolute Gasteiger partial charge is 0.338 e. The van der Waals surface area contributed by atoms with Crippen molar-refractivity contribution in [2.45, 2.75) is 70.8 Å². The quantitative estimate of drug-likeness (QED) is 0.642. The van der Waals surface area contributed by atoms with E-state index in [0.29, 0.717) is 23.7 Å². The summed E-state index contributed by atoms with van der Waals surface area (Å²) in [4.78, 5) is 14.6. The van der Waals surface area contributed by atoms with E-state index in [1.165, 1.54) is 44.9 Å². The number of hydrogen-bond acceptors (Lipinski definition) is 1. The summed E-state index contributed by atoms with van der Waals surface area (Å²) in [5.74, 6) is 2.15. The Morgan fingerprint density at radius 2 is 1.84 bits per heavy atom. The maximum atomic E-state index is 12.6. The fraction of sp³-hybridized carbons (Fsp3) is 0.938. The van der Waals surface area contributed by atoms with Gasteiger partial charge in [0.1, 0.15) is 0 Å². The van der Waals surface area contributed by atoms with Crippen LogP contribution in [0.2, 0.25) is 0 Å². The van der Waals surface area contributed by atoms with Gasteiger partial charge in [0.2, 0.25) is 5.91 Å². The molecule has 0 spiro atoms. The van der Waals surface area contributed by atoms with Gasteiger partial charge in [0.25, 0.3) is 0 Å². The van der Waals surface area contributed by atoms with Gasteiger partial charge in [0, 0.05) is 24.4 Å². The van der Waals surface area contributed by atoms with Gasteiger partial charge in [0.15, 0.2) is 0 Å². The summed E-state index contributed by atoms with van der Waals surface area (Å²) in [6, 6.07) is 0.518. The number of amides is 1. The predicted octanol–water partition coefficient (Wildman–Crippen LogP) is 4.21. The molecule has 2 aliphatic rings. The van der Waals surface area contributed by atoms with Gasteiger partial charge in [-0.15, -0.1) is 11.6 Å². The van der Waals surface area contributed by atoms with Crippen LogP contribution < -0.4 is 0 Å². The van der Waals surface area contributed by atoms with Crippen molar-refractivity contribution < 1.29 is 4.79 Å². The van der Waals surface area contributed by atoms with E-state index >= 15 is 0 Å². The second-order valence-corrected chi connectivity index (χ2v) is 6.69. The van der Waals surface area contributed by atoms with Gasteiger partial charge < -0.3 is 4.90 Å². The maximum Gasteiger partial charge on any atom is 0.225 e. The average molecular weight is 286 g/mol. The molecule has 3 heteroatoms. The minimum absolute atomic E-state index is 0.293. The Balaban J connectivity index is 1.77. The Morgan fingerprint density at radius 1 is 1.16 bits per heavy atom. The number of hydrogen-bond donors (Lipinski definition) is 0. The van der Waals surface area contributed by atoms with Crippen molar-refractivity contribution in [2.75, 3.05) is 12.4 Å². The Kier molecular flexibility index (Phi) is 6.00. The smallest absolute Gasteiger partial charge is 0.225 e. The molecule has 2 aliphatic carbocycles. The second kappa shape index (κ2) is 7.52. The van der Waals surface area contributed by atoms with Gasteiger partial charge in [-0.1, -0.05) is 26.2 Å². The van der Waals surface area contributed by atoms with Gasteiger partial charge in [-0.2, -0.15) is 0 Å². The summed E-state index contributed by atoms with van der Waals surface area (Å²) in [6.07, 6.45) is 11.1. The zero-order valence-electron chi connectivity index (χ0n) is 12.2. The summed E-state index contributed by atoms with van der Waals surface area (Å²) in [6.45, 7) is 3.01.